The molecule has 0 fully saturated rings. The molecule has 0 bridgehead atoms. The Morgan fingerprint density at radius 2 is 0.721 bits per heavy atom. The number of carboxylic acids is 1. The van der Waals surface area contributed by atoms with Gasteiger partial charge in [-0.3, -0.25) is 0 Å². The van der Waals surface area contributed by atoms with Gasteiger partial charge in [0.25, 0.3) is 0 Å². The molecule has 0 aliphatic carbocycles. The monoisotopic (exact) mass is 554 g/mol. The smallest absolute Gasteiger partial charge is 0.355 e. The Morgan fingerprint density at radius 1 is 0.395 bits per heavy atom. The number of nitrogens with zero attached hydrogens (tertiary/aromatic N) is 2. The van der Waals surface area contributed by atoms with Crippen LogP contribution in [0.3, 0.4) is 0 Å². The van der Waals surface area contributed by atoms with Gasteiger partial charge in [-0.25, -0.2) is 14.8 Å². The average molecular weight is 555 g/mol. The molecule has 0 aliphatic heterocycles. The predicted molar refractivity (Wildman–Crippen MR) is 174 cm³/mol. The van der Waals surface area contributed by atoms with Gasteiger partial charge in [-0.05, 0) is 11.1 Å². The molecule has 43 heavy (non-hydrogen) atoms. The highest BCUT2D eigenvalue weighted by atomic mass is 16.4. The zero-order valence-electron chi connectivity index (χ0n) is 23.2. The van der Waals surface area contributed by atoms with Gasteiger partial charge in [0.15, 0.2) is 5.69 Å². The highest BCUT2D eigenvalue weighted by Gasteiger charge is 2.28. The molecule has 0 atom stereocenters. The largest absolute Gasteiger partial charge is 0.476 e. The Morgan fingerprint density at radius 3 is 1.14 bits per heavy atom. The standard InChI is InChI=1S/C39H26N2O2/c42-39(43)38-32(27-18-8-2-9-19-27)34-33(37(41-38)30-24-14-5-15-25-30)31(26-16-6-1-7-17-26)35(28-20-10-3-11-21-28)40-36(34)29-22-12-4-13-23-29/h1-25H,(H,42,43). The van der Waals surface area contributed by atoms with Crippen LogP contribution < -0.4 is 0 Å². The molecule has 0 spiro atoms. The van der Waals surface area contributed by atoms with Crippen LogP contribution in [0.15, 0.2) is 152 Å². The minimum absolute atomic E-state index is 0.0111. The molecule has 4 heteroatoms. The summed E-state index contributed by atoms with van der Waals surface area (Å²) in [5, 5.41) is 12.3. The molecule has 4 nitrogen and oxygen atoms in total. The molecule has 1 N–H and O–H groups in total. The highest BCUT2D eigenvalue weighted by Crippen LogP contribution is 2.48. The molecule has 0 radical (unpaired) electrons. The Labute approximate surface area is 249 Å². The molecule has 5 aromatic carbocycles. The molecule has 2 heterocycles. The van der Waals surface area contributed by atoms with Crippen molar-refractivity contribution in [3.05, 3.63) is 157 Å². The molecule has 0 saturated heterocycles. The number of aromatic carboxylic acids is 1. The fourth-order valence-electron chi connectivity index (χ4n) is 5.75. The summed E-state index contributed by atoms with van der Waals surface area (Å²) in [6.07, 6.45) is 0. The third-order valence-electron chi connectivity index (χ3n) is 7.61. The van der Waals surface area contributed by atoms with E-state index in [0.29, 0.717) is 17.0 Å². The van der Waals surface area contributed by atoms with E-state index in [2.05, 4.69) is 24.3 Å². The lowest BCUT2D eigenvalue weighted by atomic mass is 9.85. The van der Waals surface area contributed by atoms with E-state index < -0.39 is 5.97 Å². The Kier molecular flexibility index (Phi) is 6.78. The Bertz CT molecular complexity index is 2060. The highest BCUT2D eigenvalue weighted by molar-refractivity contribution is 6.21. The van der Waals surface area contributed by atoms with Gasteiger partial charge >= 0.3 is 5.97 Å². The zero-order chi connectivity index (χ0) is 29.2. The summed E-state index contributed by atoms with van der Waals surface area (Å²) < 4.78 is 0. The molecule has 7 aromatic rings. The van der Waals surface area contributed by atoms with Crippen molar-refractivity contribution in [1.29, 1.82) is 0 Å². The van der Waals surface area contributed by atoms with Crippen LogP contribution in [0.25, 0.3) is 66.8 Å². The number of aromatic nitrogens is 2. The maximum atomic E-state index is 13.0. The molecule has 0 aliphatic rings. The lowest BCUT2D eigenvalue weighted by molar-refractivity contribution is 0.0691. The van der Waals surface area contributed by atoms with Crippen molar-refractivity contribution in [1.82, 2.24) is 9.97 Å². The quantitative estimate of drug-likeness (QED) is 0.222. The summed E-state index contributed by atoms with van der Waals surface area (Å²) in [5.74, 6) is -1.09. The summed E-state index contributed by atoms with van der Waals surface area (Å²) in [6, 6.07) is 49.8. The van der Waals surface area contributed by atoms with Gasteiger partial charge in [-0.2, -0.15) is 0 Å². The maximum absolute atomic E-state index is 13.0. The second-order valence-electron chi connectivity index (χ2n) is 10.3. The summed E-state index contributed by atoms with van der Waals surface area (Å²) in [5.41, 5.74) is 7.97. The first kappa shape index (κ1) is 26.1. The summed E-state index contributed by atoms with van der Waals surface area (Å²) >= 11 is 0. The number of fused-ring (bicyclic) bond motifs is 1. The van der Waals surface area contributed by atoms with E-state index in [4.69, 9.17) is 9.97 Å². The third kappa shape index (κ3) is 4.75. The third-order valence-corrected chi connectivity index (χ3v) is 7.61. The van der Waals surface area contributed by atoms with E-state index in [0.717, 1.165) is 49.8 Å². The van der Waals surface area contributed by atoms with Gasteiger partial charge in [0.1, 0.15) is 0 Å². The van der Waals surface area contributed by atoms with Crippen molar-refractivity contribution in [2.45, 2.75) is 0 Å². The number of pyridine rings is 2. The van der Waals surface area contributed by atoms with Crippen LogP contribution in [-0.2, 0) is 0 Å². The second kappa shape index (κ2) is 11.2. The second-order valence-corrected chi connectivity index (χ2v) is 10.3. The Hall–Kier alpha value is -5.87. The van der Waals surface area contributed by atoms with Gasteiger partial charge < -0.3 is 5.11 Å². The van der Waals surface area contributed by atoms with Crippen LogP contribution in [0, 0.1) is 0 Å². The number of rotatable bonds is 6. The van der Waals surface area contributed by atoms with Crippen LogP contribution in [0.5, 0.6) is 0 Å². The number of hydrogen-bond donors (Lipinski definition) is 1. The van der Waals surface area contributed by atoms with Gasteiger partial charge in [-0.1, -0.05) is 152 Å². The van der Waals surface area contributed by atoms with Crippen molar-refractivity contribution in [2.75, 3.05) is 0 Å². The maximum Gasteiger partial charge on any atom is 0.355 e. The minimum Gasteiger partial charge on any atom is -0.476 e. The van der Waals surface area contributed by atoms with Gasteiger partial charge in [0.05, 0.1) is 17.1 Å². The SMILES string of the molecule is O=C(O)c1nc(-c2ccccc2)c2c(-c3ccccc3)c(-c3ccccc3)nc(-c3ccccc3)c2c1-c1ccccc1. The molecule has 2 aromatic heterocycles. The van der Waals surface area contributed by atoms with Crippen molar-refractivity contribution < 1.29 is 9.90 Å². The molecule has 0 amide bonds. The summed E-state index contributed by atoms with van der Waals surface area (Å²) in [7, 11) is 0. The fraction of sp³-hybridized carbons (Fsp3) is 0. The van der Waals surface area contributed by atoms with Crippen molar-refractivity contribution in [2.24, 2.45) is 0 Å². The number of hydrogen-bond acceptors (Lipinski definition) is 3. The van der Waals surface area contributed by atoms with Crippen molar-refractivity contribution >= 4 is 16.7 Å². The van der Waals surface area contributed by atoms with Crippen molar-refractivity contribution in [3.8, 4) is 56.0 Å². The van der Waals surface area contributed by atoms with Crippen molar-refractivity contribution in [3.63, 3.8) is 0 Å². The summed E-state index contributed by atoms with van der Waals surface area (Å²) in [4.78, 5) is 23.4. The van der Waals surface area contributed by atoms with Crippen LogP contribution >= 0.6 is 0 Å². The first-order chi connectivity index (χ1) is 21.2. The molecular formula is C39H26N2O2. The zero-order valence-corrected chi connectivity index (χ0v) is 23.2. The van der Waals surface area contributed by atoms with Crippen LogP contribution in [0.2, 0.25) is 0 Å². The van der Waals surface area contributed by atoms with Gasteiger partial charge in [-0.15, -0.1) is 0 Å². The minimum atomic E-state index is -1.09. The van der Waals surface area contributed by atoms with Gasteiger partial charge in [0.2, 0.25) is 0 Å². The summed E-state index contributed by atoms with van der Waals surface area (Å²) in [6.45, 7) is 0. The number of benzene rings is 5. The van der Waals surface area contributed by atoms with E-state index in [1.54, 1.807) is 0 Å². The van der Waals surface area contributed by atoms with E-state index in [9.17, 15) is 9.90 Å². The predicted octanol–water partition coefficient (Wildman–Crippen LogP) is 9.66. The van der Waals surface area contributed by atoms with Gasteiger partial charge in [0, 0.05) is 38.6 Å². The molecule has 204 valence electrons. The lowest BCUT2D eigenvalue weighted by Crippen LogP contribution is -2.08. The number of carboxylic acid groups (broad SMARTS) is 1. The Balaban J connectivity index is 1.81. The molecule has 0 saturated carbocycles. The first-order valence-corrected chi connectivity index (χ1v) is 14.1. The molecule has 7 rings (SSSR count). The van der Waals surface area contributed by atoms with E-state index in [1.807, 2.05) is 127 Å². The fourth-order valence-corrected chi connectivity index (χ4v) is 5.75. The lowest BCUT2D eigenvalue weighted by Gasteiger charge is -2.22. The first-order valence-electron chi connectivity index (χ1n) is 14.1. The average Bonchev–Trinajstić information content (AvgIpc) is 3.08. The van der Waals surface area contributed by atoms with E-state index >= 15 is 0 Å². The van der Waals surface area contributed by atoms with Crippen LogP contribution in [-0.4, -0.2) is 21.0 Å². The topological polar surface area (TPSA) is 63.1 Å². The van der Waals surface area contributed by atoms with Crippen LogP contribution in [0.1, 0.15) is 10.5 Å². The van der Waals surface area contributed by atoms with E-state index in [1.165, 1.54) is 0 Å². The normalized spacial score (nSPS) is 11.0. The molecule has 0 unspecified atom stereocenters. The van der Waals surface area contributed by atoms with E-state index in [-0.39, 0.29) is 5.69 Å². The number of carbonyl (C=O) groups is 1. The molecular weight excluding hydrogens is 528 g/mol. The van der Waals surface area contributed by atoms with Crippen LogP contribution in [0.4, 0.5) is 0 Å².